The van der Waals surface area contributed by atoms with E-state index in [0.717, 1.165) is 29.3 Å². The van der Waals surface area contributed by atoms with Gasteiger partial charge in [0.05, 0.1) is 4.92 Å². The van der Waals surface area contributed by atoms with Crippen molar-refractivity contribution in [1.29, 1.82) is 0 Å². The highest BCUT2D eigenvalue weighted by Gasteiger charge is 2.10. The number of nitrogens with zero attached hydrogens (tertiary/aromatic N) is 2. The molecule has 106 valence electrons. The van der Waals surface area contributed by atoms with Gasteiger partial charge >= 0.3 is 5.00 Å². The largest absolute Gasteiger partial charge is 0.343 e. The van der Waals surface area contributed by atoms with Gasteiger partial charge in [0.2, 0.25) is 5.91 Å². The van der Waals surface area contributed by atoms with Crippen molar-refractivity contribution in [3.05, 3.63) is 27.1 Å². The van der Waals surface area contributed by atoms with Crippen LogP contribution in [0.1, 0.15) is 25.1 Å². The molecule has 1 aromatic rings. The fourth-order valence-corrected chi connectivity index (χ4v) is 2.49. The molecule has 0 saturated heterocycles. The molecule has 1 heterocycles. The maximum Gasteiger partial charge on any atom is 0.324 e. The van der Waals surface area contributed by atoms with Crippen LogP contribution in [0.3, 0.4) is 0 Å². The third-order valence-electron chi connectivity index (χ3n) is 2.76. The van der Waals surface area contributed by atoms with Crippen molar-refractivity contribution in [3.8, 4) is 0 Å². The molecule has 1 rings (SSSR count). The van der Waals surface area contributed by atoms with Gasteiger partial charge in [-0.2, -0.15) is 0 Å². The number of amides is 1. The minimum Gasteiger partial charge on any atom is -0.343 e. The van der Waals surface area contributed by atoms with Crippen LogP contribution in [0, 0.1) is 10.1 Å². The van der Waals surface area contributed by atoms with Crippen molar-refractivity contribution >= 4 is 22.2 Å². The zero-order valence-electron chi connectivity index (χ0n) is 11.2. The van der Waals surface area contributed by atoms with Crippen LogP contribution < -0.4 is 5.32 Å². The van der Waals surface area contributed by atoms with Gasteiger partial charge in [-0.15, -0.1) is 0 Å². The zero-order chi connectivity index (χ0) is 14.3. The number of rotatable bonds is 8. The predicted molar refractivity (Wildman–Crippen MR) is 75.2 cm³/mol. The Balaban J connectivity index is 2.27. The van der Waals surface area contributed by atoms with Crippen molar-refractivity contribution in [2.45, 2.75) is 26.8 Å². The SMILES string of the molecule is CCN(CC)C(=O)CCNCc1ccc([N+](=O)[O-])s1. The second-order valence-electron chi connectivity index (χ2n) is 3.99. The van der Waals surface area contributed by atoms with E-state index in [1.54, 1.807) is 11.0 Å². The molecule has 0 aliphatic rings. The van der Waals surface area contributed by atoms with Crippen LogP contribution in [0.4, 0.5) is 5.00 Å². The van der Waals surface area contributed by atoms with Crippen molar-refractivity contribution < 1.29 is 9.72 Å². The molecule has 0 spiro atoms. The Bertz CT molecular complexity index is 430. The third kappa shape index (κ3) is 4.96. The second-order valence-corrected chi connectivity index (χ2v) is 5.14. The van der Waals surface area contributed by atoms with Gasteiger partial charge in [0.1, 0.15) is 0 Å². The van der Waals surface area contributed by atoms with Gasteiger partial charge in [-0.05, 0) is 19.9 Å². The fraction of sp³-hybridized carbons (Fsp3) is 0.583. The quantitative estimate of drug-likeness (QED) is 0.450. The molecule has 6 nitrogen and oxygen atoms in total. The van der Waals surface area contributed by atoms with Gasteiger partial charge in [-0.3, -0.25) is 14.9 Å². The minimum atomic E-state index is -0.391. The van der Waals surface area contributed by atoms with E-state index in [2.05, 4.69) is 5.32 Å². The molecule has 19 heavy (non-hydrogen) atoms. The molecule has 0 aliphatic carbocycles. The van der Waals surface area contributed by atoms with Gasteiger partial charge in [0.15, 0.2) is 0 Å². The number of thiophene rings is 1. The highest BCUT2D eigenvalue weighted by atomic mass is 32.1. The number of hydrogen-bond acceptors (Lipinski definition) is 5. The van der Waals surface area contributed by atoms with E-state index in [0.29, 0.717) is 19.5 Å². The first-order valence-electron chi connectivity index (χ1n) is 6.30. The number of nitrogens with one attached hydrogen (secondary N) is 1. The van der Waals surface area contributed by atoms with Crippen molar-refractivity contribution in [2.75, 3.05) is 19.6 Å². The Hall–Kier alpha value is -1.47. The Labute approximate surface area is 116 Å². The maximum atomic E-state index is 11.7. The first kappa shape index (κ1) is 15.6. The highest BCUT2D eigenvalue weighted by Crippen LogP contribution is 2.23. The average molecular weight is 285 g/mol. The van der Waals surface area contributed by atoms with Crippen LogP contribution in [0.25, 0.3) is 0 Å². The van der Waals surface area contributed by atoms with Crippen LogP contribution in [-0.2, 0) is 11.3 Å². The summed E-state index contributed by atoms with van der Waals surface area (Å²) in [6, 6.07) is 3.24. The van der Waals surface area contributed by atoms with Gasteiger partial charge in [-0.25, -0.2) is 0 Å². The van der Waals surface area contributed by atoms with Gasteiger partial charge < -0.3 is 10.2 Å². The van der Waals surface area contributed by atoms with Crippen LogP contribution >= 0.6 is 11.3 Å². The molecule has 1 amide bonds. The molecule has 0 unspecified atom stereocenters. The van der Waals surface area contributed by atoms with E-state index in [9.17, 15) is 14.9 Å². The summed E-state index contributed by atoms with van der Waals surface area (Å²) in [7, 11) is 0. The molecule has 0 aromatic carbocycles. The molecule has 7 heteroatoms. The molecule has 1 aromatic heterocycles. The molecular weight excluding hydrogens is 266 g/mol. The third-order valence-corrected chi connectivity index (χ3v) is 3.80. The lowest BCUT2D eigenvalue weighted by Crippen LogP contribution is -2.32. The Kier molecular flexibility index (Phi) is 6.44. The van der Waals surface area contributed by atoms with Crippen molar-refractivity contribution in [1.82, 2.24) is 10.2 Å². The first-order valence-corrected chi connectivity index (χ1v) is 7.11. The Morgan fingerprint density at radius 3 is 2.63 bits per heavy atom. The summed E-state index contributed by atoms with van der Waals surface area (Å²) in [5, 5.41) is 13.8. The van der Waals surface area contributed by atoms with E-state index < -0.39 is 4.92 Å². The van der Waals surface area contributed by atoms with Crippen LogP contribution in [-0.4, -0.2) is 35.4 Å². The van der Waals surface area contributed by atoms with Crippen LogP contribution in [0.2, 0.25) is 0 Å². The molecule has 0 radical (unpaired) electrons. The van der Waals surface area contributed by atoms with Crippen LogP contribution in [0.5, 0.6) is 0 Å². The summed E-state index contributed by atoms with van der Waals surface area (Å²) in [6.07, 6.45) is 0.454. The molecule has 0 aliphatic heterocycles. The lowest BCUT2D eigenvalue weighted by Gasteiger charge is -2.18. The van der Waals surface area contributed by atoms with Crippen LogP contribution in [0.15, 0.2) is 12.1 Å². The number of carbonyl (C=O) groups excluding carboxylic acids is 1. The molecule has 0 saturated carbocycles. The highest BCUT2D eigenvalue weighted by molar-refractivity contribution is 7.15. The molecule has 0 fully saturated rings. The van der Waals surface area contributed by atoms with E-state index in [-0.39, 0.29) is 10.9 Å². The Morgan fingerprint density at radius 2 is 2.11 bits per heavy atom. The number of hydrogen-bond donors (Lipinski definition) is 1. The van der Waals surface area contributed by atoms with E-state index in [1.807, 2.05) is 13.8 Å². The molecule has 0 atom stereocenters. The maximum absolute atomic E-state index is 11.7. The van der Waals surface area contributed by atoms with Gasteiger partial charge in [0, 0.05) is 43.5 Å². The second kappa shape index (κ2) is 7.85. The molecule has 0 bridgehead atoms. The van der Waals surface area contributed by atoms with E-state index in [1.165, 1.54) is 6.07 Å². The van der Waals surface area contributed by atoms with E-state index in [4.69, 9.17) is 0 Å². The smallest absolute Gasteiger partial charge is 0.324 e. The summed E-state index contributed by atoms with van der Waals surface area (Å²) >= 11 is 1.16. The number of nitro groups is 1. The average Bonchev–Trinajstić information content (AvgIpc) is 2.85. The minimum absolute atomic E-state index is 0.134. The predicted octanol–water partition coefficient (Wildman–Crippen LogP) is 2.00. The standard InChI is InChI=1S/C12H19N3O3S/c1-3-14(4-2)11(16)7-8-13-9-10-5-6-12(19-10)15(17)18/h5-6,13H,3-4,7-9H2,1-2H3. The zero-order valence-corrected chi connectivity index (χ0v) is 12.0. The summed E-state index contributed by atoms with van der Waals surface area (Å²) in [6.45, 7) is 6.52. The van der Waals surface area contributed by atoms with E-state index >= 15 is 0 Å². The molecule has 1 N–H and O–H groups in total. The lowest BCUT2D eigenvalue weighted by molar-refractivity contribution is -0.380. The number of carbonyl (C=O) groups is 1. The topological polar surface area (TPSA) is 75.5 Å². The van der Waals surface area contributed by atoms with Crippen molar-refractivity contribution in [2.24, 2.45) is 0 Å². The summed E-state index contributed by atoms with van der Waals surface area (Å²) < 4.78 is 0. The summed E-state index contributed by atoms with van der Waals surface area (Å²) in [5.74, 6) is 0.134. The van der Waals surface area contributed by atoms with Crippen molar-refractivity contribution in [3.63, 3.8) is 0 Å². The molecular formula is C12H19N3O3S. The summed E-state index contributed by atoms with van der Waals surface area (Å²) in [4.78, 5) is 24.5. The Morgan fingerprint density at radius 1 is 1.42 bits per heavy atom. The first-order chi connectivity index (χ1) is 9.08. The summed E-state index contributed by atoms with van der Waals surface area (Å²) in [5.41, 5.74) is 0. The fourth-order valence-electron chi connectivity index (χ4n) is 1.70. The monoisotopic (exact) mass is 285 g/mol. The van der Waals surface area contributed by atoms with Gasteiger partial charge in [-0.1, -0.05) is 11.3 Å². The lowest BCUT2D eigenvalue weighted by atomic mass is 10.3. The normalized spacial score (nSPS) is 10.4. The van der Waals surface area contributed by atoms with Gasteiger partial charge in [0.25, 0.3) is 0 Å².